The zero-order valence-electron chi connectivity index (χ0n) is 6.49. The van der Waals surface area contributed by atoms with Crippen molar-refractivity contribution in [3.8, 4) is 5.69 Å². The molecular weight excluding hydrogens is 204 g/mol. The first kappa shape index (κ1) is 8.58. The van der Waals surface area contributed by atoms with Crippen molar-refractivity contribution >= 4 is 22.5 Å². The number of hydrogen-bond acceptors (Lipinski definition) is 4. The van der Waals surface area contributed by atoms with E-state index in [9.17, 15) is 0 Å². The standard InChI is InChI=1S/C7H5N4S2/c12-13-7-3-1-6(2-4-7)11-5-8-9-10-11/h1-5H. The molecule has 1 aromatic carbocycles. The average Bonchev–Trinajstić information content (AvgIpc) is 2.71. The smallest absolute Gasteiger partial charge is 0.143 e. The van der Waals surface area contributed by atoms with Gasteiger partial charge in [-0.1, -0.05) is 0 Å². The maximum Gasteiger partial charge on any atom is 0.143 e. The normalized spacial score (nSPS) is 10.2. The van der Waals surface area contributed by atoms with Gasteiger partial charge in [0.2, 0.25) is 0 Å². The van der Waals surface area contributed by atoms with Crippen molar-refractivity contribution in [2.45, 2.75) is 4.90 Å². The van der Waals surface area contributed by atoms with Gasteiger partial charge in [-0.15, -0.1) is 5.10 Å². The van der Waals surface area contributed by atoms with Crippen LogP contribution in [0.5, 0.6) is 0 Å². The van der Waals surface area contributed by atoms with Crippen molar-refractivity contribution in [1.29, 1.82) is 0 Å². The van der Waals surface area contributed by atoms with Crippen LogP contribution >= 0.6 is 22.5 Å². The molecule has 1 radical (unpaired) electrons. The highest BCUT2D eigenvalue weighted by Crippen LogP contribution is 2.21. The second kappa shape index (κ2) is 3.80. The molecular formula is C7H5N4S2. The fraction of sp³-hybridized carbons (Fsp3) is 0. The Balaban J connectivity index is 2.33. The van der Waals surface area contributed by atoms with Crippen LogP contribution in [0, 0.1) is 0 Å². The predicted octanol–water partition coefficient (Wildman–Crippen LogP) is 1.87. The molecule has 0 bridgehead atoms. The number of benzene rings is 1. The van der Waals surface area contributed by atoms with E-state index in [4.69, 9.17) is 11.7 Å². The lowest BCUT2D eigenvalue weighted by atomic mass is 10.3. The topological polar surface area (TPSA) is 43.6 Å². The van der Waals surface area contributed by atoms with Crippen LogP contribution in [0.2, 0.25) is 0 Å². The molecule has 0 unspecified atom stereocenters. The minimum absolute atomic E-state index is 0.929. The van der Waals surface area contributed by atoms with Gasteiger partial charge in [0.15, 0.2) is 0 Å². The summed E-state index contributed by atoms with van der Waals surface area (Å²) in [5, 5.41) is 10.9. The molecule has 1 aromatic heterocycles. The summed E-state index contributed by atoms with van der Waals surface area (Å²) in [5.41, 5.74) is 0.929. The van der Waals surface area contributed by atoms with E-state index in [0.29, 0.717) is 0 Å². The first-order valence-electron chi connectivity index (χ1n) is 3.53. The maximum atomic E-state index is 4.83. The highest BCUT2D eigenvalue weighted by molar-refractivity contribution is 8.68. The number of nitrogens with zero attached hydrogens (tertiary/aromatic N) is 4. The van der Waals surface area contributed by atoms with Gasteiger partial charge in [0.25, 0.3) is 0 Å². The third-order valence-electron chi connectivity index (χ3n) is 1.55. The van der Waals surface area contributed by atoms with E-state index in [-0.39, 0.29) is 0 Å². The van der Waals surface area contributed by atoms with Crippen LogP contribution in [0.4, 0.5) is 0 Å². The zero-order valence-corrected chi connectivity index (χ0v) is 8.13. The summed E-state index contributed by atoms with van der Waals surface area (Å²) in [6.07, 6.45) is 1.55. The van der Waals surface area contributed by atoms with Gasteiger partial charge in [-0.3, -0.25) is 0 Å². The number of aromatic nitrogens is 4. The molecule has 0 saturated carbocycles. The second-order valence-corrected chi connectivity index (χ2v) is 3.47. The molecule has 13 heavy (non-hydrogen) atoms. The Morgan fingerprint density at radius 3 is 2.54 bits per heavy atom. The fourth-order valence-corrected chi connectivity index (χ4v) is 1.51. The maximum absolute atomic E-state index is 4.83. The molecule has 0 saturated heterocycles. The minimum atomic E-state index is 0.929. The Kier molecular flexibility index (Phi) is 2.51. The molecule has 2 rings (SSSR count). The number of rotatable bonds is 2. The number of hydrogen-bond donors (Lipinski definition) is 0. The van der Waals surface area contributed by atoms with Crippen molar-refractivity contribution in [1.82, 2.24) is 20.2 Å². The highest BCUT2D eigenvalue weighted by Gasteiger charge is 1.96. The molecule has 0 aliphatic heterocycles. The van der Waals surface area contributed by atoms with Crippen molar-refractivity contribution in [2.75, 3.05) is 0 Å². The van der Waals surface area contributed by atoms with Crippen LogP contribution in [-0.4, -0.2) is 20.2 Å². The lowest BCUT2D eigenvalue weighted by molar-refractivity contribution is 0.788. The molecule has 4 nitrogen and oxygen atoms in total. The summed E-state index contributed by atoms with van der Waals surface area (Å²) < 4.78 is 1.60. The third-order valence-corrected chi connectivity index (χ3v) is 2.59. The highest BCUT2D eigenvalue weighted by atomic mass is 33.1. The Morgan fingerprint density at radius 1 is 1.23 bits per heavy atom. The van der Waals surface area contributed by atoms with E-state index in [1.807, 2.05) is 24.3 Å². The third kappa shape index (κ3) is 1.84. The van der Waals surface area contributed by atoms with Gasteiger partial charge in [-0.05, 0) is 57.1 Å². The summed E-state index contributed by atoms with van der Waals surface area (Å²) in [6, 6.07) is 7.72. The van der Waals surface area contributed by atoms with E-state index in [2.05, 4.69) is 15.5 Å². The molecule has 0 fully saturated rings. The monoisotopic (exact) mass is 209 g/mol. The van der Waals surface area contributed by atoms with E-state index in [1.54, 1.807) is 11.0 Å². The Bertz CT molecular complexity index is 370. The van der Waals surface area contributed by atoms with Crippen molar-refractivity contribution in [3.63, 3.8) is 0 Å². The number of tetrazole rings is 1. The molecule has 1 heterocycles. The van der Waals surface area contributed by atoms with Gasteiger partial charge in [-0.2, -0.15) is 0 Å². The van der Waals surface area contributed by atoms with E-state index in [0.717, 1.165) is 10.6 Å². The van der Waals surface area contributed by atoms with Crippen LogP contribution in [0.25, 0.3) is 5.69 Å². The Morgan fingerprint density at radius 2 is 2.00 bits per heavy atom. The molecule has 0 aliphatic carbocycles. The average molecular weight is 209 g/mol. The lowest BCUT2D eigenvalue weighted by Gasteiger charge is -1.98. The summed E-state index contributed by atoms with van der Waals surface area (Å²) in [6.45, 7) is 0. The molecule has 2 aromatic rings. The Hall–Kier alpha value is -1.01. The van der Waals surface area contributed by atoms with Gasteiger partial charge in [0.1, 0.15) is 6.33 Å². The molecule has 0 aliphatic rings. The van der Waals surface area contributed by atoms with Crippen LogP contribution in [0.15, 0.2) is 35.5 Å². The Labute approximate surface area is 84.2 Å². The van der Waals surface area contributed by atoms with Crippen LogP contribution < -0.4 is 0 Å². The summed E-state index contributed by atoms with van der Waals surface area (Å²) in [7, 11) is 1.30. The fourth-order valence-electron chi connectivity index (χ4n) is 0.934. The van der Waals surface area contributed by atoms with Gasteiger partial charge in [0.05, 0.1) is 5.69 Å². The minimum Gasteiger partial charge on any atom is -0.201 e. The van der Waals surface area contributed by atoms with Crippen LogP contribution in [-0.2, 0) is 0 Å². The predicted molar refractivity (Wildman–Crippen MR) is 52.6 cm³/mol. The summed E-state index contributed by atoms with van der Waals surface area (Å²) >= 11 is 4.83. The van der Waals surface area contributed by atoms with E-state index in [1.165, 1.54) is 10.8 Å². The molecule has 6 heteroatoms. The van der Waals surface area contributed by atoms with Crippen LogP contribution in [0.1, 0.15) is 0 Å². The summed E-state index contributed by atoms with van der Waals surface area (Å²) in [5.74, 6) is 0. The van der Waals surface area contributed by atoms with Gasteiger partial charge < -0.3 is 0 Å². The first-order valence-corrected chi connectivity index (χ1v) is 5.27. The van der Waals surface area contributed by atoms with Crippen molar-refractivity contribution in [3.05, 3.63) is 30.6 Å². The zero-order chi connectivity index (χ0) is 9.10. The van der Waals surface area contributed by atoms with E-state index >= 15 is 0 Å². The van der Waals surface area contributed by atoms with Gasteiger partial charge >= 0.3 is 0 Å². The molecule has 0 atom stereocenters. The molecule has 0 spiro atoms. The molecule has 65 valence electrons. The quantitative estimate of drug-likeness (QED) is 0.708. The summed E-state index contributed by atoms with van der Waals surface area (Å²) in [4.78, 5) is 1.05. The van der Waals surface area contributed by atoms with Gasteiger partial charge in [-0.25, -0.2) is 4.68 Å². The first-order chi connectivity index (χ1) is 6.40. The lowest BCUT2D eigenvalue weighted by Crippen LogP contribution is -1.93. The van der Waals surface area contributed by atoms with Gasteiger partial charge in [0, 0.05) is 4.90 Å². The van der Waals surface area contributed by atoms with Crippen molar-refractivity contribution < 1.29 is 0 Å². The largest absolute Gasteiger partial charge is 0.201 e. The molecule has 0 N–H and O–H groups in total. The SMILES string of the molecule is [S]Sc1ccc(-n2cnnn2)cc1. The second-order valence-electron chi connectivity index (χ2n) is 2.33. The van der Waals surface area contributed by atoms with Crippen molar-refractivity contribution in [2.24, 2.45) is 0 Å². The van der Waals surface area contributed by atoms with Crippen LogP contribution in [0.3, 0.4) is 0 Å². The molecule has 0 amide bonds. The van der Waals surface area contributed by atoms with E-state index < -0.39 is 0 Å².